The van der Waals surface area contributed by atoms with Crippen LogP contribution in [0, 0.1) is 18.3 Å². The molecule has 1 aromatic carbocycles. The number of halogens is 1. The van der Waals surface area contributed by atoms with Crippen LogP contribution in [0.1, 0.15) is 35.5 Å². The van der Waals surface area contributed by atoms with Crippen LogP contribution in [0.4, 0.5) is 0 Å². The molecule has 0 fully saturated rings. The lowest BCUT2D eigenvalue weighted by Crippen LogP contribution is -2.13. The van der Waals surface area contributed by atoms with Gasteiger partial charge in [-0.3, -0.25) is 0 Å². The maximum absolute atomic E-state index is 12.5. The standard InChI is InChI=1S/C18H17ClN2O3/c1-4-23-17-13(10-20)16(12-8-6-7-9-14(12)19)15(11(3)21-17)18(22)24-5-2/h6-9H,4-5H2,1-3H3. The van der Waals surface area contributed by atoms with Crippen LogP contribution in [-0.4, -0.2) is 24.2 Å². The fourth-order valence-corrected chi connectivity index (χ4v) is 2.64. The number of aryl methyl sites for hydroxylation is 1. The number of hydrogen-bond donors (Lipinski definition) is 0. The normalized spacial score (nSPS) is 10.1. The first-order valence-electron chi connectivity index (χ1n) is 7.54. The van der Waals surface area contributed by atoms with Gasteiger partial charge in [0, 0.05) is 16.1 Å². The number of benzene rings is 1. The molecule has 24 heavy (non-hydrogen) atoms. The number of esters is 1. The van der Waals surface area contributed by atoms with Gasteiger partial charge in [0.05, 0.1) is 24.5 Å². The van der Waals surface area contributed by atoms with Crippen molar-refractivity contribution in [2.45, 2.75) is 20.8 Å². The third-order valence-corrected chi connectivity index (χ3v) is 3.69. The van der Waals surface area contributed by atoms with E-state index in [-0.39, 0.29) is 23.6 Å². The quantitative estimate of drug-likeness (QED) is 0.761. The topological polar surface area (TPSA) is 72.2 Å². The van der Waals surface area contributed by atoms with Crippen molar-refractivity contribution in [1.82, 2.24) is 4.98 Å². The number of nitrogens with zero attached hydrogens (tertiary/aromatic N) is 2. The molecule has 1 aromatic heterocycles. The van der Waals surface area contributed by atoms with Crippen LogP contribution in [0.3, 0.4) is 0 Å². The zero-order valence-electron chi connectivity index (χ0n) is 13.7. The summed E-state index contributed by atoms with van der Waals surface area (Å²) in [4.78, 5) is 16.7. The summed E-state index contributed by atoms with van der Waals surface area (Å²) >= 11 is 6.30. The van der Waals surface area contributed by atoms with Crippen molar-refractivity contribution >= 4 is 17.6 Å². The molecule has 5 nitrogen and oxygen atoms in total. The SMILES string of the molecule is CCOC(=O)c1c(C)nc(OCC)c(C#N)c1-c1ccccc1Cl. The van der Waals surface area contributed by atoms with Gasteiger partial charge in [-0.25, -0.2) is 9.78 Å². The van der Waals surface area contributed by atoms with E-state index in [0.717, 1.165) is 0 Å². The number of rotatable bonds is 5. The van der Waals surface area contributed by atoms with Crippen LogP contribution in [0.5, 0.6) is 5.88 Å². The summed E-state index contributed by atoms with van der Waals surface area (Å²) in [5.74, 6) is -0.363. The summed E-state index contributed by atoms with van der Waals surface area (Å²) in [6.45, 7) is 5.76. The smallest absolute Gasteiger partial charge is 0.340 e. The Kier molecular flexibility index (Phi) is 5.78. The monoisotopic (exact) mass is 344 g/mol. The highest BCUT2D eigenvalue weighted by Crippen LogP contribution is 2.38. The first kappa shape index (κ1) is 17.8. The summed E-state index contributed by atoms with van der Waals surface area (Å²) in [6.07, 6.45) is 0. The fourth-order valence-electron chi connectivity index (χ4n) is 2.41. The first-order chi connectivity index (χ1) is 11.5. The lowest BCUT2D eigenvalue weighted by Gasteiger charge is -2.17. The molecule has 0 radical (unpaired) electrons. The highest BCUT2D eigenvalue weighted by atomic mass is 35.5. The number of aromatic nitrogens is 1. The molecule has 2 aromatic rings. The van der Waals surface area contributed by atoms with Gasteiger partial charge in [0.25, 0.3) is 0 Å². The third-order valence-electron chi connectivity index (χ3n) is 3.36. The van der Waals surface area contributed by atoms with Gasteiger partial charge in [-0.05, 0) is 26.8 Å². The Bertz CT molecular complexity index is 813. The molecule has 1 heterocycles. The van der Waals surface area contributed by atoms with Crippen LogP contribution < -0.4 is 4.74 Å². The molecular formula is C18H17ClN2O3. The Hall–Kier alpha value is -2.58. The minimum Gasteiger partial charge on any atom is -0.477 e. The van der Waals surface area contributed by atoms with Gasteiger partial charge in [-0.2, -0.15) is 5.26 Å². The maximum Gasteiger partial charge on any atom is 0.340 e. The van der Waals surface area contributed by atoms with Gasteiger partial charge in [0.2, 0.25) is 5.88 Å². The maximum atomic E-state index is 12.5. The molecule has 0 spiro atoms. The van der Waals surface area contributed by atoms with E-state index < -0.39 is 5.97 Å². The van der Waals surface area contributed by atoms with E-state index in [1.165, 1.54) is 0 Å². The van der Waals surface area contributed by atoms with E-state index in [1.807, 2.05) is 0 Å². The van der Waals surface area contributed by atoms with Gasteiger partial charge in [-0.15, -0.1) is 0 Å². The summed E-state index contributed by atoms with van der Waals surface area (Å²) in [7, 11) is 0. The second-order valence-corrected chi connectivity index (χ2v) is 5.28. The summed E-state index contributed by atoms with van der Waals surface area (Å²) in [5, 5.41) is 10.1. The van der Waals surface area contributed by atoms with Gasteiger partial charge in [0.1, 0.15) is 11.6 Å². The Labute approximate surface area is 145 Å². The highest BCUT2D eigenvalue weighted by Gasteiger charge is 2.26. The van der Waals surface area contributed by atoms with Crippen molar-refractivity contribution in [3.05, 3.63) is 46.1 Å². The van der Waals surface area contributed by atoms with Crippen molar-refractivity contribution in [1.29, 1.82) is 5.26 Å². The molecule has 0 aliphatic carbocycles. The van der Waals surface area contributed by atoms with E-state index in [9.17, 15) is 10.1 Å². The molecule has 0 saturated heterocycles. The van der Waals surface area contributed by atoms with E-state index in [2.05, 4.69) is 11.1 Å². The number of carbonyl (C=O) groups is 1. The Balaban J connectivity index is 2.88. The van der Waals surface area contributed by atoms with E-state index in [4.69, 9.17) is 21.1 Å². The minimum absolute atomic E-state index is 0.165. The zero-order valence-corrected chi connectivity index (χ0v) is 14.5. The van der Waals surface area contributed by atoms with Gasteiger partial charge < -0.3 is 9.47 Å². The number of nitriles is 1. The number of hydrogen-bond acceptors (Lipinski definition) is 5. The van der Waals surface area contributed by atoms with Crippen molar-refractivity contribution < 1.29 is 14.3 Å². The summed E-state index contributed by atoms with van der Waals surface area (Å²) < 4.78 is 10.6. The van der Waals surface area contributed by atoms with E-state index in [1.54, 1.807) is 45.0 Å². The van der Waals surface area contributed by atoms with Gasteiger partial charge >= 0.3 is 5.97 Å². The number of carbonyl (C=O) groups excluding carboxylic acids is 1. The Morgan fingerprint density at radius 1 is 1.29 bits per heavy atom. The van der Waals surface area contributed by atoms with Crippen molar-refractivity contribution in [3.63, 3.8) is 0 Å². The van der Waals surface area contributed by atoms with Crippen LogP contribution in [0.25, 0.3) is 11.1 Å². The number of pyridine rings is 1. The first-order valence-corrected chi connectivity index (χ1v) is 7.92. The second-order valence-electron chi connectivity index (χ2n) is 4.87. The predicted molar refractivity (Wildman–Crippen MR) is 91.3 cm³/mol. The molecule has 2 rings (SSSR count). The van der Waals surface area contributed by atoms with Gasteiger partial charge in [-0.1, -0.05) is 29.8 Å². The molecule has 0 atom stereocenters. The van der Waals surface area contributed by atoms with Crippen molar-refractivity contribution in [2.75, 3.05) is 13.2 Å². The molecule has 0 N–H and O–H groups in total. The number of ether oxygens (including phenoxy) is 2. The minimum atomic E-state index is -0.544. The van der Waals surface area contributed by atoms with E-state index in [0.29, 0.717) is 28.5 Å². The largest absolute Gasteiger partial charge is 0.477 e. The Morgan fingerprint density at radius 2 is 2.00 bits per heavy atom. The molecule has 124 valence electrons. The second kappa shape index (κ2) is 7.80. The zero-order chi connectivity index (χ0) is 17.7. The average Bonchev–Trinajstić information content (AvgIpc) is 2.55. The average molecular weight is 345 g/mol. The third kappa shape index (κ3) is 3.34. The van der Waals surface area contributed by atoms with Crippen LogP contribution in [0.15, 0.2) is 24.3 Å². The van der Waals surface area contributed by atoms with Gasteiger partial charge in [0.15, 0.2) is 0 Å². The van der Waals surface area contributed by atoms with Crippen molar-refractivity contribution in [3.8, 4) is 23.1 Å². The molecular weight excluding hydrogens is 328 g/mol. The Morgan fingerprint density at radius 3 is 2.58 bits per heavy atom. The molecule has 0 saturated carbocycles. The lowest BCUT2D eigenvalue weighted by molar-refractivity contribution is 0.0525. The molecule has 0 aliphatic heterocycles. The molecule has 6 heteroatoms. The molecule has 0 unspecified atom stereocenters. The molecule has 0 amide bonds. The fraction of sp³-hybridized carbons (Fsp3) is 0.278. The summed E-state index contributed by atoms with van der Waals surface area (Å²) in [6, 6.07) is 9.09. The highest BCUT2D eigenvalue weighted by molar-refractivity contribution is 6.33. The van der Waals surface area contributed by atoms with Crippen molar-refractivity contribution in [2.24, 2.45) is 0 Å². The molecule has 0 bridgehead atoms. The van der Waals surface area contributed by atoms with E-state index >= 15 is 0 Å². The van der Waals surface area contributed by atoms with Crippen LogP contribution >= 0.6 is 11.6 Å². The molecule has 0 aliphatic rings. The van der Waals surface area contributed by atoms with Crippen LogP contribution in [0.2, 0.25) is 5.02 Å². The summed E-state index contributed by atoms with van der Waals surface area (Å²) in [5.41, 5.74) is 1.76. The van der Waals surface area contributed by atoms with Crippen LogP contribution in [-0.2, 0) is 4.74 Å². The lowest BCUT2D eigenvalue weighted by atomic mass is 9.94. The predicted octanol–water partition coefficient (Wildman–Crippen LogP) is 4.16.